The summed E-state index contributed by atoms with van der Waals surface area (Å²) in [5.74, 6) is 0.459. The molecule has 1 aromatic heterocycles. The summed E-state index contributed by atoms with van der Waals surface area (Å²) in [6, 6.07) is 23.8. The second kappa shape index (κ2) is 6.94. The van der Waals surface area contributed by atoms with E-state index in [1.54, 1.807) is 0 Å². The highest BCUT2D eigenvalue weighted by Gasteiger charge is 2.27. The lowest BCUT2D eigenvalue weighted by molar-refractivity contribution is 0.667. The van der Waals surface area contributed by atoms with Gasteiger partial charge >= 0.3 is 0 Å². The van der Waals surface area contributed by atoms with Gasteiger partial charge < -0.3 is 5.32 Å². The number of hydrogen-bond donors (Lipinski definition) is 1. The molecule has 1 unspecified atom stereocenters. The van der Waals surface area contributed by atoms with Crippen molar-refractivity contribution >= 4 is 11.3 Å². The number of aromatic nitrogens is 1. The van der Waals surface area contributed by atoms with E-state index in [1.165, 1.54) is 33.5 Å². The first-order valence-corrected chi connectivity index (χ1v) is 8.80. The molecule has 0 saturated carbocycles. The van der Waals surface area contributed by atoms with E-state index in [1.807, 2.05) is 12.4 Å². The first-order chi connectivity index (χ1) is 12.3. The lowest BCUT2D eigenvalue weighted by Crippen LogP contribution is -2.14. The Hall–Kier alpha value is -2.87. The van der Waals surface area contributed by atoms with Crippen LogP contribution in [0.1, 0.15) is 23.7 Å². The topological polar surface area (TPSA) is 24.9 Å². The lowest BCUT2D eigenvalue weighted by atomic mass is 9.87. The predicted octanol–water partition coefficient (Wildman–Crippen LogP) is 4.97. The molecule has 25 heavy (non-hydrogen) atoms. The van der Waals surface area contributed by atoms with Gasteiger partial charge in [0.25, 0.3) is 0 Å². The third-order valence-electron chi connectivity index (χ3n) is 4.86. The molecule has 2 heteroatoms. The third kappa shape index (κ3) is 3.34. The SMILES string of the molecule is Cc1ccc(CC2CNC(c3ccccc3)=C2c2ccncc2)cc1.[HH]. The molecule has 3 aromatic rings. The Balaban J connectivity index is 0.00000196. The summed E-state index contributed by atoms with van der Waals surface area (Å²) in [4.78, 5) is 4.19. The van der Waals surface area contributed by atoms with Crippen molar-refractivity contribution in [3.8, 4) is 0 Å². The van der Waals surface area contributed by atoms with Crippen LogP contribution >= 0.6 is 0 Å². The molecular weight excluding hydrogens is 304 g/mol. The molecular formula is C23H24N2. The molecule has 0 radical (unpaired) electrons. The third-order valence-corrected chi connectivity index (χ3v) is 4.86. The highest BCUT2D eigenvalue weighted by atomic mass is 14.9. The average Bonchev–Trinajstić information content (AvgIpc) is 3.08. The molecule has 2 heterocycles. The summed E-state index contributed by atoms with van der Waals surface area (Å²) >= 11 is 0. The molecule has 126 valence electrons. The van der Waals surface area contributed by atoms with Crippen LogP contribution in [-0.2, 0) is 6.42 Å². The molecule has 4 rings (SSSR count). The maximum Gasteiger partial charge on any atom is 0.0456 e. The quantitative estimate of drug-likeness (QED) is 0.731. The van der Waals surface area contributed by atoms with Crippen molar-refractivity contribution in [3.05, 3.63) is 101 Å². The van der Waals surface area contributed by atoms with Gasteiger partial charge in [-0.1, -0.05) is 60.2 Å². The monoisotopic (exact) mass is 328 g/mol. The van der Waals surface area contributed by atoms with Crippen LogP contribution in [0.5, 0.6) is 0 Å². The maximum absolute atomic E-state index is 4.19. The van der Waals surface area contributed by atoms with Gasteiger partial charge in [0.1, 0.15) is 0 Å². The lowest BCUT2D eigenvalue weighted by Gasteiger charge is -2.15. The van der Waals surface area contributed by atoms with Gasteiger partial charge in [0, 0.05) is 32.0 Å². The average molecular weight is 328 g/mol. The molecule has 1 aliphatic heterocycles. The van der Waals surface area contributed by atoms with Crippen LogP contribution in [0.3, 0.4) is 0 Å². The Morgan fingerprint density at radius 1 is 0.920 bits per heavy atom. The Morgan fingerprint density at radius 3 is 2.36 bits per heavy atom. The summed E-state index contributed by atoms with van der Waals surface area (Å²) in [5.41, 5.74) is 7.86. The zero-order valence-electron chi connectivity index (χ0n) is 14.4. The number of pyridine rings is 1. The smallest absolute Gasteiger partial charge is 0.0456 e. The summed E-state index contributed by atoms with van der Waals surface area (Å²) in [6.07, 6.45) is 4.81. The van der Waals surface area contributed by atoms with Gasteiger partial charge in [-0.25, -0.2) is 0 Å². The van der Waals surface area contributed by atoms with Crippen molar-refractivity contribution in [2.24, 2.45) is 5.92 Å². The number of nitrogens with one attached hydrogen (secondary N) is 1. The first-order valence-electron chi connectivity index (χ1n) is 8.80. The fraction of sp³-hybridized carbons (Fsp3) is 0.174. The van der Waals surface area contributed by atoms with E-state index in [0.717, 1.165) is 13.0 Å². The van der Waals surface area contributed by atoms with Gasteiger partial charge in [0.05, 0.1) is 0 Å². The molecule has 0 spiro atoms. The maximum atomic E-state index is 4.19. The van der Waals surface area contributed by atoms with Crippen molar-refractivity contribution in [1.82, 2.24) is 10.3 Å². The second-order valence-electron chi connectivity index (χ2n) is 6.66. The van der Waals surface area contributed by atoms with Crippen molar-refractivity contribution in [2.75, 3.05) is 6.54 Å². The molecule has 0 saturated heterocycles. The standard InChI is InChI=1S/C23H22N2.H2/c1-17-7-9-18(10-8-17)15-21-16-25-23(20-5-3-2-4-6-20)22(21)19-11-13-24-14-12-19;/h2-14,21,25H,15-16H2,1H3;1H. The predicted molar refractivity (Wildman–Crippen MR) is 106 cm³/mol. The zero-order valence-corrected chi connectivity index (χ0v) is 14.4. The van der Waals surface area contributed by atoms with E-state index in [0.29, 0.717) is 5.92 Å². The van der Waals surface area contributed by atoms with E-state index >= 15 is 0 Å². The minimum atomic E-state index is 0. The molecule has 2 aromatic carbocycles. The van der Waals surface area contributed by atoms with Gasteiger partial charge in [0.2, 0.25) is 0 Å². The van der Waals surface area contributed by atoms with Crippen LogP contribution in [-0.4, -0.2) is 11.5 Å². The largest absolute Gasteiger partial charge is 0.384 e. The molecule has 0 aliphatic carbocycles. The summed E-state index contributed by atoms with van der Waals surface area (Å²) in [6.45, 7) is 3.10. The number of nitrogens with zero attached hydrogens (tertiary/aromatic N) is 1. The van der Waals surface area contributed by atoms with Gasteiger partial charge in [0.15, 0.2) is 0 Å². The number of hydrogen-bond acceptors (Lipinski definition) is 2. The van der Waals surface area contributed by atoms with E-state index in [4.69, 9.17) is 0 Å². The number of aryl methyl sites for hydroxylation is 1. The minimum Gasteiger partial charge on any atom is -0.384 e. The summed E-state index contributed by atoms with van der Waals surface area (Å²) in [5, 5.41) is 3.66. The van der Waals surface area contributed by atoms with E-state index < -0.39 is 0 Å². The highest BCUT2D eigenvalue weighted by Crippen LogP contribution is 2.37. The molecule has 1 N–H and O–H groups in total. The molecule has 0 fully saturated rings. The number of benzene rings is 2. The Bertz CT molecular complexity index is 871. The van der Waals surface area contributed by atoms with E-state index in [2.05, 4.69) is 84.0 Å². The minimum absolute atomic E-state index is 0. The normalized spacial score (nSPS) is 16.8. The van der Waals surface area contributed by atoms with Crippen LogP contribution < -0.4 is 5.32 Å². The van der Waals surface area contributed by atoms with Gasteiger partial charge in [-0.2, -0.15) is 0 Å². The fourth-order valence-corrected chi connectivity index (χ4v) is 3.58. The number of rotatable bonds is 4. The van der Waals surface area contributed by atoms with Gasteiger partial charge in [-0.15, -0.1) is 0 Å². The highest BCUT2D eigenvalue weighted by molar-refractivity contribution is 5.93. The van der Waals surface area contributed by atoms with Crippen LogP contribution in [0.25, 0.3) is 11.3 Å². The van der Waals surface area contributed by atoms with Crippen LogP contribution in [0.15, 0.2) is 79.1 Å². The van der Waals surface area contributed by atoms with E-state index in [9.17, 15) is 0 Å². The molecule has 0 bridgehead atoms. The first kappa shape index (κ1) is 15.6. The Morgan fingerprint density at radius 2 is 1.64 bits per heavy atom. The van der Waals surface area contributed by atoms with Crippen molar-refractivity contribution < 1.29 is 1.43 Å². The van der Waals surface area contributed by atoms with Crippen LogP contribution in [0.4, 0.5) is 0 Å². The molecule has 2 nitrogen and oxygen atoms in total. The van der Waals surface area contributed by atoms with Crippen LogP contribution in [0, 0.1) is 12.8 Å². The Kier molecular flexibility index (Phi) is 4.34. The van der Waals surface area contributed by atoms with Crippen LogP contribution in [0.2, 0.25) is 0 Å². The molecule has 1 aliphatic rings. The van der Waals surface area contributed by atoms with E-state index in [-0.39, 0.29) is 1.43 Å². The fourth-order valence-electron chi connectivity index (χ4n) is 3.58. The second-order valence-corrected chi connectivity index (χ2v) is 6.66. The van der Waals surface area contributed by atoms with Crippen molar-refractivity contribution in [1.29, 1.82) is 0 Å². The molecule has 1 atom stereocenters. The summed E-state index contributed by atoms with van der Waals surface area (Å²) < 4.78 is 0. The molecule has 0 amide bonds. The van der Waals surface area contributed by atoms with Crippen molar-refractivity contribution in [3.63, 3.8) is 0 Å². The Labute approximate surface area is 150 Å². The van der Waals surface area contributed by atoms with Gasteiger partial charge in [-0.05, 0) is 47.7 Å². The summed E-state index contributed by atoms with van der Waals surface area (Å²) in [7, 11) is 0. The van der Waals surface area contributed by atoms with Gasteiger partial charge in [-0.3, -0.25) is 4.98 Å². The zero-order chi connectivity index (χ0) is 17.1. The van der Waals surface area contributed by atoms with Crippen molar-refractivity contribution in [2.45, 2.75) is 13.3 Å².